The standard InChI is InChI=1S/C19H19N3OS/c1-15(24-17-8-3-2-4-9-17)19(23)21-13-16-7-5-6-10-18(16)22-12-11-20-14-22/h2-12,14-15H,13H2,1H3,(H,21,23)/t15-/m0/s1. The van der Waals surface area contributed by atoms with E-state index in [4.69, 9.17) is 0 Å². The zero-order chi connectivity index (χ0) is 16.8. The van der Waals surface area contributed by atoms with Gasteiger partial charge in [-0.2, -0.15) is 0 Å². The van der Waals surface area contributed by atoms with Crippen LogP contribution in [0.15, 0.2) is 78.2 Å². The maximum absolute atomic E-state index is 12.4. The van der Waals surface area contributed by atoms with E-state index in [1.807, 2.05) is 72.3 Å². The summed E-state index contributed by atoms with van der Waals surface area (Å²) in [5.41, 5.74) is 2.08. The molecule has 0 bridgehead atoms. The van der Waals surface area contributed by atoms with Crippen molar-refractivity contribution >= 4 is 17.7 Å². The van der Waals surface area contributed by atoms with Crippen LogP contribution in [0.5, 0.6) is 0 Å². The minimum atomic E-state index is -0.146. The summed E-state index contributed by atoms with van der Waals surface area (Å²) in [6, 6.07) is 18.0. The summed E-state index contributed by atoms with van der Waals surface area (Å²) in [7, 11) is 0. The molecule has 1 N–H and O–H groups in total. The molecular formula is C19H19N3OS. The molecule has 3 rings (SSSR count). The van der Waals surface area contributed by atoms with E-state index >= 15 is 0 Å². The largest absolute Gasteiger partial charge is 0.351 e. The Hall–Kier alpha value is -2.53. The van der Waals surface area contributed by atoms with Crippen LogP contribution < -0.4 is 5.32 Å². The lowest BCUT2D eigenvalue weighted by molar-refractivity contribution is -0.120. The zero-order valence-electron chi connectivity index (χ0n) is 13.4. The molecule has 5 heteroatoms. The van der Waals surface area contributed by atoms with E-state index in [0.717, 1.165) is 16.1 Å². The number of thioether (sulfide) groups is 1. The van der Waals surface area contributed by atoms with Crippen molar-refractivity contribution in [2.45, 2.75) is 23.6 Å². The van der Waals surface area contributed by atoms with Crippen LogP contribution in [0.3, 0.4) is 0 Å². The molecule has 0 saturated heterocycles. The fourth-order valence-corrected chi connectivity index (χ4v) is 3.31. The van der Waals surface area contributed by atoms with Crippen molar-refractivity contribution in [1.29, 1.82) is 0 Å². The number of nitrogens with zero attached hydrogens (tertiary/aromatic N) is 2. The Morgan fingerprint density at radius 1 is 1.17 bits per heavy atom. The number of hydrogen-bond acceptors (Lipinski definition) is 3. The summed E-state index contributed by atoms with van der Waals surface area (Å²) in [5.74, 6) is 0.0317. The van der Waals surface area contributed by atoms with Gasteiger partial charge in [0.1, 0.15) is 0 Å². The molecule has 0 saturated carbocycles. The minimum Gasteiger partial charge on any atom is -0.351 e. The first kappa shape index (κ1) is 16.3. The summed E-state index contributed by atoms with van der Waals surface area (Å²) in [4.78, 5) is 17.5. The van der Waals surface area contributed by atoms with Crippen LogP contribution in [0.2, 0.25) is 0 Å². The first-order valence-electron chi connectivity index (χ1n) is 7.79. The molecule has 24 heavy (non-hydrogen) atoms. The molecule has 0 aliphatic carbocycles. The van der Waals surface area contributed by atoms with Crippen molar-refractivity contribution in [3.63, 3.8) is 0 Å². The fraction of sp³-hybridized carbons (Fsp3) is 0.158. The van der Waals surface area contributed by atoms with Gasteiger partial charge in [-0.25, -0.2) is 4.98 Å². The summed E-state index contributed by atoms with van der Waals surface area (Å²) < 4.78 is 1.95. The Bertz CT molecular complexity index is 787. The lowest BCUT2D eigenvalue weighted by atomic mass is 10.1. The van der Waals surface area contributed by atoms with Gasteiger partial charge in [-0.05, 0) is 30.7 Å². The van der Waals surface area contributed by atoms with Crippen molar-refractivity contribution in [3.8, 4) is 5.69 Å². The van der Waals surface area contributed by atoms with Crippen LogP contribution in [-0.2, 0) is 11.3 Å². The second-order valence-corrected chi connectivity index (χ2v) is 6.80. The molecule has 0 fully saturated rings. The Kier molecular flexibility index (Phi) is 5.33. The average Bonchev–Trinajstić information content (AvgIpc) is 3.15. The van der Waals surface area contributed by atoms with Crippen LogP contribution >= 0.6 is 11.8 Å². The van der Waals surface area contributed by atoms with Crippen LogP contribution in [0.4, 0.5) is 0 Å². The quantitative estimate of drug-likeness (QED) is 0.698. The van der Waals surface area contributed by atoms with Crippen molar-refractivity contribution in [2.75, 3.05) is 0 Å². The van der Waals surface area contributed by atoms with Crippen molar-refractivity contribution in [3.05, 3.63) is 78.9 Å². The molecule has 1 heterocycles. The zero-order valence-corrected chi connectivity index (χ0v) is 14.2. The van der Waals surface area contributed by atoms with Crippen LogP contribution in [0, 0.1) is 0 Å². The van der Waals surface area contributed by atoms with Gasteiger partial charge in [0, 0.05) is 23.8 Å². The number of amides is 1. The third kappa shape index (κ3) is 4.06. The highest BCUT2D eigenvalue weighted by molar-refractivity contribution is 8.00. The smallest absolute Gasteiger partial charge is 0.233 e. The van der Waals surface area contributed by atoms with Gasteiger partial charge >= 0.3 is 0 Å². The maximum atomic E-state index is 12.4. The molecule has 1 atom stereocenters. The highest BCUT2D eigenvalue weighted by atomic mass is 32.2. The second kappa shape index (κ2) is 7.84. The molecule has 1 amide bonds. The van der Waals surface area contributed by atoms with Gasteiger partial charge in [0.05, 0.1) is 17.3 Å². The monoisotopic (exact) mass is 337 g/mol. The Morgan fingerprint density at radius 3 is 2.67 bits per heavy atom. The van der Waals surface area contributed by atoms with Gasteiger partial charge < -0.3 is 9.88 Å². The predicted molar refractivity (Wildman–Crippen MR) is 97.2 cm³/mol. The number of nitrogens with one attached hydrogen (secondary N) is 1. The molecule has 2 aromatic carbocycles. The average molecular weight is 337 g/mol. The van der Waals surface area contributed by atoms with Crippen molar-refractivity contribution < 1.29 is 4.79 Å². The number of carbonyl (C=O) groups is 1. The topological polar surface area (TPSA) is 46.9 Å². The van der Waals surface area contributed by atoms with E-state index in [1.165, 1.54) is 0 Å². The molecule has 0 unspecified atom stereocenters. The molecule has 1 aromatic heterocycles. The number of hydrogen-bond donors (Lipinski definition) is 1. The molecule has 0 radical (unpaired) electrons. The van der Waals surface area contributed by atoms with Gasteiger partial charge in [-0.15, -0.1) is 11.8 Å². The molecular weight excluding hydrogens is 318 g/mol. The number of benzene rings is 2. The van der Waals surface area contributed by atoms with Crippen molar-refractivity contribution in [2.24, 2.45) is 0 Å². The van der Waals surface area contributed by atoms with Gasteiger partial charge in [-0.1, -0.05) is 36.4 Å². The van der Waals surface area contributed by atoms with E-state index in [2.05, 4.69) is 10.3 Å². The maximum Gasteiger partial charge on any atom is 0.233 e. The van der Waals surface area contributed by atoms with Crippen LogP contribution in [0.25, 0.3) is 5.69 Å². The minimum absolute atomic E-state index is 0.0317. The van der Waals surface area contributed by atoms with Gasteiger partial charge in [0.15, 0.2) is 0 Å². The van der Waals surface area contributed by atoms with Crippen LogP contribution in [0.1, 0.15) is 12.5 Å². The fourth-order valence-electron chi connectivity index (χ4n) is 2.40. The third-order valence-electron chi connectivity index (χ3n) is 3.65. The van der Waals surface area contributed by atoms with E-state index < -0.39 is 0 Å². The van der Waals surface area contributed by atoms with Crippen molar-refractivity contribution in [1.82, 2.24) is 14.9 Å². The Labute approximate surface area is 145 Å². The first-order chi connectivity index (χ1) is 11.7. The molecule has 3 aromatic rings. The molecule has 0 spiro atoms. The number of para-hydroxylation sites is 1. The SMILES string of the molecule is C[C@H](Sc1ccccc1)C(=O)NCc1ccccc1-n1ccnc1. The summed E-state index contributed by atoms with van der Waals surface area (Å²) in [6.45, 7) is 2.42. The van der Waals surface area contributed by atoms with E-state index in [-0.39, 0.29) is 11.2 Å². The number of imidazole rings is 1. The van der Waals surface area contributed by atoms with Gasteiger partial charge in [0.2, 0.25) is 5.91 Å². The number of rotatable bonds is 6. The molecule has 122 valence electrons. The normalized spacial score (nSPS) is 11.9. The molecule has 0 aliphatic heterocycles. The Morgan fingerprint density at radius 2 is 1.92 bits per heavy atom. The molecule has 4 nitrogen and oxygen atoms in total. The van der Waals surface area contributed by atoms with E-state index in [1.54, 1.807) is 24.3 Å². The third-order valence-corrected chi connectivity index (χ3v) is 4.76. The Balaban J connectivity index is 1.63. The van der Waals surface area contributed by atoms with E-state index in [9.17, 15) is 4.79 Å². The first-order valence-corrected chi connectivity index (χ1v) is 8.67. The van der Waals surface area contributed by atoms with Gasteiger partial charge in [-0.3, -0.25) is 4.79 Å². The van der Waals surface area contributed by atoms with Gasteiger partial charge in [0.25, 0.3) is 0 Å². The summed E-state index contributed by atoms with van der Waals surface area (Å²) >= 11 is 1.56. The summed E-state index contributed by atoms with van der Waals surface area (Å²) in [5, 5.41) is 2.88. The number of aromatic nitrogens is 2. The second-order valence-electron chi connectivity index (χ2n) is 5.39. The highest BCUT2D eigenvalue weighted by Crippen LogP contribution is 2.23. The lowest BCUT2D eigenvalue weighted by Gasteiger charge is -2.14. The lowest BCUT2D eigenvalue weighted by Crippen LogP contribution is -2.30. The van der Waals surface area contributed by atoms with E-state index in [0.29, 0.717) is 6.54 Å². The van der Waals surface area contributed by atoms with Crippen LogP contribution in [-0.4, -0.2) is 20.7 Å². The summed E-state index contributed by atoms with van der Waals surface area (Å²) in [6.07, 6.45) is 5.40. The highest BCUT2D eigenvalue weighted by Gasteiger charge is 2.14. The molecule has 0 aliphatic rings. The predicted octanol–water partition coefficient (Wildman–Crippen LogP) is 3.67. The number of carbonyl (C=O) groups excluding carboxylic acids is 1.